The zero-order valence-electron chi connectivity index (χ0n) is 14.1. The number of benzene rings is 1. The molecule has 0 aliphatic rings. The monoisotopic (exact) mass is 380 g/mol. The van der Waals surface area contributed by atoms with Crippen LogP contribution in [0.5, 0.6) is 0 Å². The predicted octanol–water partition coefficient (Wildman–Crippen LogP) is 3.53. The zero-order chi connectivity index (χ0) is 18.8. The standard InChI is InChI=1S/C18H13ClN6O2/c1-11-16(17(24-27-11)12-5-2-3-6-13(12)19)18(26)23-14-9-15(21-10-20-14)25-8-4-7-22-25/h2-10H,1H3,(H,20,21,23,26). The van der Waals surface area contributed by atoms with Gasteiger partial charge in [0.05, 0.1) is 5.02 Å². The summed E-state index contributed by atoms with van der Waals surface area (Å²) in [5, 5.41) is 11.3. The highest BCUT2D eigenvalue weighted by atomic mass is 35.5. The summed E-state index contributed by atoms with van der Waals surface area (Å²) in [7, 11) is 0. The van der Waals surface area contributed by atoms with E-state index in [0.717, 1.165) is 0 Å². The Morgan fingerprint density at radius 2 is 2.07 bits per heavy atom. The molecule has 0 spiro atoms. The molecule has 4 aromatic rings. The van der Waals surface area contributed by atoms with Crippen LogP contribution in [0.1, 0.15) is 16.1 Å². The second kappa shape index (κ2) is 7.00. The largest absolute Gasteiger partial charge is 0.360 e. The van der Waals surface area contributed by atoms with E-state index in [-0.39, 0.29) is 0 Å². The number of amides is 1. The lowest BCUT2D eigenvalue weighted by atomic mass is 10.1. The van der Waals surface area contributed by atoms with Gasteiger partial charge in [-0.2, -0.15) is 5.10 Å². The third-order valence-electron chi connectivity index (χ3n) is 3.85. The summed E-state index contributed by atoms with van der Waals surface area (Å²) >= 11 is 6.24. The van der Waals surface area contributed by atoms with Crippen LogP contribution in [0.15, 0.2) is 59.6 Å². The fraction of sp³-hybridized carbons (Fsp3) is 0.0556. The highest BCUT2D eigenvalue weighted by molar-refractivity contribution is 6.33. The maximum atomic E-state index is 12.9. The average molecular weight is 381 g/mol. The molecule has 27 heavy (non-hydrogen) atoms. The summed E-state index contributed by atoms with van der Waals surface area (Å²) in [5.74, 6) is 0.822. The van der Waals surface area contributed by atoms with Crippen LogP contribution in [-0.4, -0.2) is 30.8 Å². The lowest BCUT2D eigenvalue weighted by Crippen LogP contribution is -2.15. The van der Waals surface area contributed by atoms with Crippen molar-refractivity contribution in [3.8, 4) is 17.1 Å². The molecule has 9 heteroatoms. The first-order valence-corrected chi connectivity index (χ1v) is 8.36. The molecule has 1 amide bonds. The van der Waals surface area contributed by atoms with Crippen LogP contribution in [0, 0.1) is 6.92 Å². The quantitative estimate of drug-likeness (QED) is 0.581. The van der Waals surface area contributed by atoms with Crippen LogP contribution in [-0.2, 0) is 0 Å². The van der Waals surface area contributed by atoms with E-state index in [1.54, 1.807) is 54.3 Å². The zero-order valence-corrected chi connectivity index (χ0v) is 14.9. The van der Waals surface area contributed by atoms with Gasteiger partial charge in [-0.05, 0) is 19.1 Å². The normalized spacial score (nSPS) is 10.7. The molecule has 8 nitrogen and oxygen atoms in total. The number of hydrogen-bond donors (Lipinski definition) is 1. The van der Waals surface area contributed by atoms with Gasteiger partial charge in [0.25, 0.3) is 5.91 Å². The number of hydrogen-bond acceptors (Lipinski definition) is 6. The highest BCUT2D eigenvalue weighted by Gasteiger charge is 2.23. The van der Waals surface area contributed by atoms with Gasteiger partial charge >= 0.3 is 0 Å². The van der Waals surface area contributed by atoms with Crippen molar-refractivity contribution in [3.63, 3.8) is 0 Å². The second-order valence-corrected chi connectivity index (χ2v) is 6.02. The SMILES string of the molecule is Cc1onc(-c2ccccc2Cl)c1C(=O)Nc1cc(-n2cccn2)ncn1. The van der Waals surface area contributed by atoms with Gasteiger partial charge in [0.1, 0.15) is 29.2 Å². The first kappa shape index (κ1) is 16.9. The van der Waals surface area contributed by atoms with Crippen molar-refractivity contribution in [2.75, 3.05) is 5.32 Å². The number of carbonyl (C=O) groups is 1. The third-order valence-corrected chi connectivity index (χ3v) is 4.18. The molecule has 3 aromatic heterocycles. The van der Waals surface area contributed by atoms with Gasteiger partial charge in [0, 0.05) is 24.0 Å². The number of nitrogens with zero attached hydrogens (tertiary/aromatic N) is 5. The molecular weight excluding hydrogens is 368 g/mol. The summed E-state index contributed by atoms with van der Waals surface area (Å²) in [4.78, 5) is 21.1. The Bertz CT molecular complexity index is 1110. The molecule has 0 atom stereocenters. The van der Waals surface area contributed by atoms with E-state index in [0.29, 0.717) is 39.2 Å². The number of anilines is 1. The van der Waals surface area contributed by atoms with Crippen molar-refractivity contribution >= 4 is 23.3 Å². The Kier molecular flexibility index (Phi) is 4.39. The average Bonchev–Trinajstić information content (AvgIpc) is 3.32. The fourth-order valence-electron chi connectivity index (χ4n) is 2.60. The van der Waals surface area contributed by atoms with Crippen LogP contribution < -0.4 is 5.32 Å². The summed E-state index contributed by atoms with van der Waals surface area (Å²) in [5.41, 5.74) is 1.28. The van der Waals surface area contributed by atoms with E-state index in [2.05, 4.69) is 25.5 Å². The first-order valence-electron chi connectivity index (χ1n) is 7.98. The Labute approximate surface area is 158 Å². The molecular formula is C18H13ClN6O2. The van der Waals surface area contributed by atoms with Crippen LogP contribution in [0.2, 0.25) is 5.02 Å². The van der Waals surface area contributed by atoms with Gasteiger partial charge in [0.15, 0.2) is 5.82 Å². The van der Waals surface area contributed by atoms with Crippen molar-refractivity contribution in [1.82, 2.24) is 24.9 Å². The van der Waals surface area contributed by atoms with E-state index in [4.69, 9.17) is 16.1 Å². The van der Waals surface area contributed by atoms with Crippen molar-refractivity contribution in [2.24, 2.45) is 0 Å². The Balaban J connectivity index is 1.66. The van der Waals surface area contributed by atoms with Gasteiger partial charge in [-0.15, -0.1) is 0 Å². The predicted molar refractivity (Wildman–Crippen MR) is 98.8 cm³/mol. The number of aromatic nitrogens is 5. The maximum Gasteiger partial charge on any atom is 0.262 e. The smallest absolute Gasteiger partial charge is 0.262 e. The Morgan fingerprint density at radius 1 is 1.22 bits per heavy atom. The van der Waals surface area contributed by atoms with Gasteiger partial charge in [-0.1, -0.05) is 35.0 Å². The van der Waals surface area contributed by atoms with E-state index in [1.807, 2.05) is 6.07 Å². The molecule has 0 fully saturated rings. The molecule has 3 heterocycles. The number of nitrogens with one attached hydrogen (secondary N) is 1. The van der Waals surface area contributed by atoms with E-state index < -0.39 is 5.91 Å². The molecule has 0 unspecified atom stereocenters. The second-order valence-electron chi connectivity index (χ2n) is 5.61. The number of aryl methyl sites for hydroxylation is 1. The van der Waals surface area contributed by atoms with Crippen molar-refractivity contribution in [2.45, 2.75) is 6.92 Å². The summed E-state index contributed by atoms with van der Waals surface area (Å²) < 4.78 is 6.80. The fourth-order valence-corrected chi connectivity index (χ4v) is 2.83. The van der Waals surface area contributed by atoms with Crippen LogP contribution in [0.3, 0.4) is 0 Å². The maximum absolute atomic E-state index is 12.9. The van der Waals surface area contributed by atoms with Gasteiger partial charge in [-0.3, -0.25) is 4.79 Å². The van der Waals surface area contributed by atoms with Crippen molar-refractivity contribution in [1.29, 1.82) is 0 Å². The molecule has 134 valence electrons. The lowest BCUT2D eigenvalue weighted by Gasteiger charge is -2.07. The van der Waals surface area contributed by atoms with Gasteiger partial charge in [-0.25, -0.2) is 14.6 Å². The Morgan fingerprint density at radius 3 is 2.85 bits per heavy atom. The molecule has 0 saturated heterocycles. The van der Waals surface area contributed by atoms with E-state index in [1.165, 1.54) is 6.33 Å². The van der Waals surface area contributed by atoms with Crippen LogP contribution >= 0.6 is 11.6 Å². The molecule has 1 aromatic carbocycles. The minimum atomic E-state index is -0.409. The molecule has 1 N–H and O–H groups in total. The molecule has 0 bridgehead atoms. The van der Waals surface area contributed by atoms with Crippen LogP contribution in [0.4, 0.5) is 5.82 Å². The van der Waals surface area contributed by atoms with Gasteiger partial charge in [0.2, 0.25) is 0 Å². The minimum Gasteiger partial charge on any atom is -0.360 e. The lowest BCUT2D eigenvalue weighted by molar-refractivity contribution is 0.102. The molecule has 0 aliphatic carbocycles. The summed E-state index contributed by atoms with van der Waals surface area (Å²) in [6.45, 7) is 1.66. The number of rotatable bonds is 4. The highest BCUT2D eigenvalue weighted by Crippen LogP contribution is 2.31. The molecule has 0 saturated carbocycles. The third kappa shape index (κ3) is 3.30. The molecule has 0 aliphatic heterocycles. The number of carbonyl (C=O) groups excluding carboxylic acids is 1. The van der Waals surface area contributed by atoms with Crippen molar-refractivity contribution in [3.05, 3.63) is 71.5 Å². The van der Waals surface area contributed by atoms with Crippen LogP contribution in [0.25, 0.3) is 17.1 Å². The molecule has 4 rings (SSSR count). The van der Waals surface area contributed by atoms with E-state index in [9.17, 15) is 4.79 Å². The van der Waals surface area contributed by atoms with Gasteiger partial charge < -0.3 is 9.84 Å². The number of halogens is 1. The van der Waals surface area contributed by atoms with Crippen molar-refractivity contribution < 1.29 is 9.32 Å². The minimum absolute atomic E-state index is 0.294. The summed E-state index contributed by atoms with van der Waals surface area (Å²) in [6.07, 6.45) is 4.73. The van der Waals surface area contributed by atoms with E-state index >= 15 is 0 Å². The first-order chi connectivity index (χ1) is 13.1. The molecule has 0 radical (unpaired) electrons. The Hall–Kier alpha value is -3.52. The topological polar surface area (TPSA) is 98.7 Å². The summed E-state index contributed by atoms with van der Waals surface area (Å²) in [6, 6.07) is 10.5.